The van der Waals surface area contributed by atoms with Gasteiger partial charge >= 0.3 is 17.8 Å². The van der Waals surface area contributed by atoms with Crippen LogP contribution in [0.15, 0.2) is 24.3 Å². The van der Waals surface area contributed by atoms with E-state index in [2.05, 4.69) is 0 Å². The second kappa shape index (κ2) is 6.27. The number of urea groups is 1. The maximum absolute atomic E-state index is 12.2. The Kier molecular flexibility index (Phi) is 4.61. The van der Waals surface area contributed by atoms with E-state index in [9.17, 15) is 14.4 Å². The van der Waals surface area contributed by atoms with Crippen LogP contribution < -0.4 is 4.90 Å². The highest BCUT2D eigenvalue weighted by atomic mass is 16.2. The molecule has 1 aromatic rings. The number of benzene rings is 1. The Morgan fingerprint density at radius 3 is 2.27 bits per heavy atom. The van der Waals surface area contributed by atoms with Crippen molar-refractivity contribution in [2.24, 2.45) is 0 Å². The maximum atomic E-state index is 12.2. The van der Waals surface area contributed by atoms with Crippen LogP contribution in [0.1, 0.15) is 25.0 Å². The Morgan fingerprint density at radius 1 is 1.09 bits per heavy atom. The van der Waals surface area contributed by atoms with Crippen LogP contribution in [0.5, 0.6) is 0 Å². The van der Waals surface area contributed by atoms with E-state index >= 15 is 0 Å². The molecule has 22 heavy (non-hydrogen) atoms. The zero-order chi connectivity index (χ0) is 16.4. The first-order valence-electron chi connectivity index (χ1n) is 7.37. The molecule has 0 aliphatic carbocycles. The summed E-state index contributed by atoms with van der Waals surface area (Å²) in [4.78, 5) is 39.1. The van der Waals surface area contributed by atoms with Gasteiger partial charge in [0, 0.05) is 11.6 Å². The summed E-state index contributed by atoms with van der Waals surface area (Å²) in [6.07, 6.45) is 0. The van der Waals surface area contributed by atoms with Crippen LogP contribution in [0.3, 0.4) is 0 Å². The van der Waals surface area contributed by atoms with Gasteiger partial charge in [0.25, 0.3) is 0 Å². The van der Waals surface area contributed by atoms with Crippen LogP contribution in [0, 0.1) is 6.92 Å². The van der Waals surface area contributed by atoms with Crippen LogP contribution in [0.25, 0.3) is 0 Å². The normalized spacial score (nSPS) is 16.9. The molecular weight excluding hydrogens is 282 g/mol. The van der Waals surface area contributed by atoms with Crippen molar-refractivity contribution >= 4 is 17.8 Å². The minimum absolute atomic E-state index is 0.182. The first-order valence-corrected chi connectivity index (χ1v) is 7.37. The van der Waals surface area contributed by atoms with Gasteiger partial charge in [-0.3, -0.25) is 14.5 Å². The second-order valence-corrected chi connectivity index (χ2v) is 6.00. The minimum Gasteiger partial charge on any atom is -0.316 e. The summed E-state index contributed by atoms with van der Waals surface area (Å²) in [6, 6.07) is 7.16. The number of amides is 4. The quantitative estimate of drug-likeness (QED) is 0.623. The third-order valence-corrected chi connectivity index (χ3v) is 3.78. The maximum Gasteiger partial charge on any atom is 0.338 e. The van der Waals surface area contributed by atoms with Gasteiger partial charge < -0.3 is 4.90 Å². The number of hydrogen-bond acceptors (Lipinski definition) is 3. The van der Waals surface area contributed by atoms with Crippen LogP contribution in [-0.4, -0.2) is 47.4 Å². The van der Waals surface area contributed by atoms with Crippen LogP contribution in [0.2, 0.25) is 0 Å². The third-order valence-electron chi connectivity index (χ3n) is 3.78. The van der Waals surface area contributed by atoms with E-state index < -0.39 is 17.8 Å². The summed E-state index contributed by atoms with van der Waals surface area (Å²) in [7, 11) is 1.90. The van der Waals surface area contributed by atoms with E-state index in [0.717, 1.165) is 20.3 Å². The number of quaternary nitrogens is 1. The molecule has 1 saturated heterocycles. The van der Waals surface area contributed by atoms with Gasteiger partial charge in [-0.25, -0.2) is 9.69 Å². The number of aryl methyl sites for hydroxylation is 1. The lowest BCUT2D eigenvalue weighted by molar-refractivity contribution is -0.901. The summed E-state index contributed by atoms with van der Waals surface area (Å²) in [5.74, 6) is -1.47. The molecule has 0 saturated carbocycles. The fourth-order valence-electron chi connectivity index (χ4n) is 2.58. The molecule has 1 aliphatic rings. The summed E-state index contributed by atoms with van der Waals surface area (Å²) >= 11 is 0. The van der Waals surface area contributed by atoms with Crippen LogP contribution >= 0.6 is 0 Å². The largest absolute Gasteiger partial charge is 0.338 e. The summed E-state index contributed by atoms with van der Waals surface area (Å²) in [6.45, 7) is 6.33. The first kappa shape index (κ1) is 16.2. The Morgan fingerprint density at radius 2 is 1.73 bits per heavy atom. The zero-order valence-corrected chi connectivity index (χ0v) is 13.4. The molecule has 4 amide bonds. The molecule has 118 valence electrons. The van der Waals surface area contributed by atoms with Crippen molar-refractivity contribution in [2.45, 2.75) is 33.4 Å². The zero-order valence-electron chi connectivity index (χ0n) is 13.4. The second-order valence-electron chi connectivity index (χ2n) is 6.00. The average Bonchev–Trinajstić information content (AvgIpc) is 2.65. The van der Waals surface area contributed by atoms with Crippen molar-refractivity contribution in [1.29, 1.82) is 0 Å². The van der Waals surface area contributed by atoms with E-state index in [-0.39, 0.29) is 12.7 Å². The van der Waals surface area contributed by atoms with Crippen molar-refractivity contribution in [3.8, 4) is 0 Å². The number of rotatable bonds is 5. The molecule has 6 nitrogen and oxygen atoms in total. The number of nitrogens with one attached hydrogen (secondary N) is 1. The number of nitrogens with zero attached hydrogens (tertiary/aromatic N) is 2. The molecule has 1 aromatic carbocycles. The van der Waals surface area contributed by atoms with Crippen molar-refractivity contribution in [3.05, 3.63) is 35.4 Å². The lowest BCUT2D eigenvalue weighted by Crippen LogP contribution is -3.09. The van der Waals surface area contributed by atoms with Crippen molar-refractivity contribution in [3.63, 3.8) is 0 Å². The molecule has 1 fully saturated rings. The predicted octanol–water partition coefficient (Wildman–Crippen LogP) is 0.166. The summed E-state index contributed by atoms with van der Waals surface area (Å²) in [5.41, 5.74) is 2.33. The number of carbonyl (C=O) groups is 3. The highest BCUT2D eigenvalue weighted by Crippen LogP contribution is 2.14. The van der Waals surface area contributed by atoms with E-state index in [1.807, 2.05) is 38.2 Å². The molecule has 1 unspecified atom stereocenters. The molecular formula is C16H22N3O3+. The monoisotopic (exact) mass is 304 g/mol. The molecule has 1 atom stereocenters. The molecule has 0 radical (unpaired) electrons. The van der Waals surface area contributed by atoms with Gasteiger partial charge in [0.1, 0.15) is 6.54 Å². The van der Waals surface area contributed by atoms with Crippen molar-refractivity contribution < 1.29 is 19.3 Å². The highest BCUT2D eigenvalue weighted by Gasteiger charge is 2.46. The Balaban J connectivity index is 2.07. The Hall–Kier alpha value is -2.21. The lowest BCUT2D eigenvalue weighted by atomic mass is 10.1. The molecule has 2 rings (SSSR count). The van der Waals surface area contributed by atoms with Gasteiger partial charge in [-0.15, -0.1) is 0 Å². The third kappa shape index (κ3) is 3.01. The van der Waals surface area contributed by atoms with Gasteiger partial charge in [0.15, 0.2) is 6.67 Å². The van der Waals surface area contributed by atoms with E-state index in [1.54, 1.807) is 13.8 Å². The fraction of sp³-hybridized carbons (Fsp3) is 0.438. The minimum atomic E-state index is -0.733. The topological polar surface area (TPSA) is 62.1 Å². The number of carbonyl (C=O) groups excluding carboxylic acids is 3. The first-order chi connectivity index (χ1) is 10.3. The standard InChI is InChI=1S/C16H21N3O3/c1-11(2)19-15(21)14(20)18(16(19)22)10-17(4)9-13-8-6-5-7-12(13)3/h5-8,11H,9-10H2,1-4H3/p+1. The predicted molar refractivity (Wildman–Crippen MR) is 80.9 cm³/mol. The molecule has 1 aliphatic heterocycles. The summed E-state index contributed by atoms with van der Waals surface area (Å²) < 4.78 is 0. The van der Waals surface area contributed by atoms with Gasteiger partial charge in [-0.2, -0.15) is 0 Å². The molecule has 1 heterocycles. The SMILES string of the molecule is Cc1ccccc1C[NH+](C)CN1C(=O)C(=O)N(C(C)C)C1=O. The van der Waals surface area contributed by atoms with Crippen LogP contribution in [-0.2, 0) is 16.1 Å². The van der Waals surface area contributed by atoms with Gasteiger partial charge in [-0.1, -0.05) is 24.3 Å². The Labute approximate surface area is 130 Å². The molecule has 0 aromatic heterocycles. The number of hydrogen-bond donors (Lipinski definition) is 1. The summed E-state index contributed by atoms with van der Waals surface area (Å²) in [5, 5.41) is 0. The molecule has 0 bridgehead atoms. The van der Waals surface area contributed by atoms with E-state index in [4.69, 9.17) is 0 Å². The van der Waals surface area contributed by atoms with E-state index in [1.165, 1.54) is 5.56 Å². The lowest BCUT2D eigenvalue weighted by Gasteiger charge is -2.21. The molecule has 1 N–H and O–H groups in total. The van der Waals surface area contributed by atoms with Crippen LogP contribution in [0.4, 0.5) is 4.79 Å². The fourth-order valence-corrected chi connectivity index (χ4v) is 2.58. The van der Waals surface area contributed by atoms with Gasteiger partial charge in [0.05, 0.1) is 7.05 Å². The molecule has 6 heteroatoms. The highest BCUT2D eigenvalue weighted by molar-refractivity contribution is 6.44. The smallest absolute Gasteiger partial charge is 0.316 e. The molecule has 0 spiro atoms. The van der Waals surface area contributed by atoms with Crippen molar-refractivity contribution in [1.82, 2.24) is 9.80 Å². The van der Waals surface area contributed by atoms with Gasteiger partial charge in [-0.05, 0) is 26.3 Å². The van der Waals surface area contributed by atoms with E-state index in [0.29, 0.717) is 6.54 Å². The Bertz CT molecular complexity index is 612. The van der Waals surface area contributed by atoms with Crippen molar-refractivity contribution in [2.75, 3.05) is 13.7 Å². The number of imide groups is 2. The van der Waals surface area contributed by atoms with Gasteiger partial charge in [0.2, 0.25) is 0 Å². The average molecular weight is 304 g/mol.